The molecule has 8 nitrogen and oxygen atoms in total. The van der Waals surface area contributed by atoms with E-state index in [2.05, 4.69) is 10.6 Å². The molecule has 1 saturated carbocycles. The van der Waals surface area contributed by atoms with Crippen LogP contribution in [0.4, 0.5) is 5.69 Å². The van der Waals surface area contributed by atoms with Gasteiger partial charge in [-0.05, 0) is 31.7 Å². The van der Waals surface area contributed by atoms with Gasteiger partial charge in [-0.25, -0.2) is 0 Å². The van der Waals surface area contributed by atoms with E-state index in [4.69, 9.17) is 5.73 Å². The van der Waals surface area contributed by atoms with Crippen molar-refractivity contribution < 1.29 is 14.5 Å². The Balaban J connectivity index is 0.00000364. The fourth-order valence-electron chi connectivity index (χ4n) is 3.32. The van der Waals surface area contributed by atoms with Gasteiger partial charge in [0.15, 0.2) is 0 Å². The Bertz CT molecular complexity index is 665. The number of hydrogen-bond acceptors (Lipinski definition) is 5. The highest BCUT2D eigenvalue weighted by Crippen LogP contribution is 2.26. The van der Waals surface area contributed by atoms with Crippen molar-refractivity contribution in [2.24, 2.45) is 11.7 Å². The third-order valence-corrected chi connectivity index (χ3v) is 4.86. The second kappa shape index (κ2) is 10.8. The van der Waals surface area contributed by atoms with Crippen LogP contribution >= 0.6 is 12.4 Å². The van der Waals surface area contributed by atoms with Crippen molar-refractivity contribution in [2.45, 2.75) is 51.1 Å². The predicted molar refractivity (Wildman–Crippen MR) is 105 cm³/mol. The van der Waals surface area contributed by atoms with Gasteiger partial charge < -0.3 is 16.4 Å². The van der Waals surface area contributed by atoms with E-state index < -0.39 is 16.9 Å². The average molecular weight is 399 g/mol. The fraction of sp³-hybridized carbons (Fsp3) is 0.556. The summed E-state index contributed by atoms with van der Waals surface area (Å²) in [6.07, 6.45) is 5.62. The van der Waals surface area contributed by atoms with Crippen LogP contribution in [0.25, 0.3) is 0 Å². The Hall–Kier alpha value is -2.19. The van der Waals surface area contributed by atoms with E-state index in [1.807, 2.05) is 0 Å². The van der Waals surface area contributed by atoms with Crippen molar-refractivity contribution in [1.29, 1.82) is 0 Å². The summed E-state index contributed by atoms with van der Waals surface area (Å²) in [6, 6.07) is 4.54. The van der Waals surface area contributed by atoms with Crippen LogP contribution in [0.1, 0.15) is 49.4 Å². The number of benzene rings is 1. The molecule has 2 atom stereocenters. The third kappa shape index (κ3) is 6.48. The molecule has 1 aliphatic carbocycles. The number of nitro groups is 1. The highest BCUT2D eigenvalue weighted by atomic mass is 35.5. The number of non-ortho nitro benzene ring substituents is 1. The molecule has 1 fully saturated rings. The molecular weight excluding hydrogens is 372 g/mol. The van der Waals surface area contributed by atoms with E-state index in [1.165, 1.54) is 30.7 Å². The predicted octanol–water partition coefficient (Wildman–Crippen LogP) is 2.16. The first-order valence-corrected chi connectivity index (χ1v) is 8.98. The van der Waals surface area contributed by atoms with Crippen LogP contribution in [0.2, 0.25) is 0 Å². The summed E-state index contributed by atoms with van der Waals surface area (Å²) in [5.41, 5.74) is 5.79. The standard InChI is InChI=1S/C18H26N4O4.ClH/c1-12(17(23)21-16(11-19)13-6-3-2-4-7-13)20-18(24)14-8-5-9-15(10-14)22(25)26;/h5,8-10,12-13,16H,2-4,6-7,11,19H2,1H3,(H,20,24)(H,21,23);1H. The minimum Gasteiger partial charge on any atom is -0.350 e. The molecule has 1 aromatic rings. The number of nitro benzene ring substituents is 1. The van der Waals surface area contributed by atoms with Crippen molar-refractivity contribution in [2.75, 3.05) is 6.54 Å². The molecular formula is C18H27ClN4O4. The highest BCUT2D eigenvalue weighted by molar-refractivity contribution is 5.97. The number of rotatable bonds is 7. The summed E-state index contributed by atoms with van der Waals surface area (Å²) < 4.78 is 0. The number of nitrogens with zero attached hydrogens (tertiary/aromatic N) is 1. The van der Waals surface area contributed by atoms with Gasteiger partial charge in [0, 0.05) is 30.3 Å². The first kappa shape index (κ1) is 22.9. The number of nitrogens with two attached hydrogens (primary N) is 1. The Kier molecular flexibility index (Phi) is 9.17. The number of nitrogens with one attached hydrogen (secondary N) is 2. The Morgan fingerprint density at radius 1 is 1.26 bits per heavy atom. The van der Waals surface area contributed by atoms with Crippen LogP contribution in [-0.2, 0) is 4.79 Å². The van der Waals surface area contributed by atoms with E-state index >= 15 is 0 Å². The lowest BCUT2D eigenvalue weighted by molar-refractivity contribution is -0.384. The second-order valence-corrected chi connectivity index (χ2v) is 6.75. The Labute approximate surface area is 164 Å². The lowest BCUT2D eigenvalue weighted by Crippen LogP contribution is -2.52. The molecule has 1 aliphatic rings. The molecule has 0 spiro atoms. The van der Waals surface area contributed by atoms with Crippen molar-refractivity contribution in [3.05, 3.63) is 39.9 Å². The van der Waals surface area contributed by atoms with Crippen LogP contribution in [0.15, 0.2) is 24.3 Å². The lowest BCUT2D eigenvalue weighted by Gasteiger charge is -2.31. The van der Waals surface area contributed by atoms with Crippen LogP contribution < -0.4 is 16.4 Å². The summed E-state index contributed by atoms with van der Waals surface area (Å²) in [4.78, 5) is 34.9. The fourth-order valence-corrected chi connectivity index (χ4v) is 3.32. The van der Waals surface area contributed by atoms with Crippen molar-refractivity contribution in [3.63, 3.8) is 0 Å². The topological polar surface area (TPSA) is 127 Å². The van der Waals surface area contributed by atoms with E-state index in [0.29, 0.717) is 12.5 Å². The monoisotopic (exact) mass is 398 g/mol. The quantitative estimate of drug-likeness (QED) is 0.479. The van der Waals surface area contributed by atoms with Crippen LogP contribution in [-0.4, -0.2) is 35.4 Å². The van der Waals surface area contributed by atoms with Gasteiger partial charge in [0.1, 0.15) is 6.04 Å². The minimum absolute atomic E-state index is 0. The molecule has 2 amide bonds. The van der Waals surface area contributed by atoms with Crippen LogP contribution in [0.3, 0.4) is 0 Å². The molecule has 2 rings (SSSR count). The minimum atomic E-state index is -0.764. The van der Waals surface area contributed by atoms with Gasteiger partial charge in [-0.2, -0.15) is 0 Å². The maximum absolute atomic E-state index is 12.4. The lowest BCUT2D eigenvalue weighted by atomic mass is 9.84. The summed E-state index contributed by atoms with van der Waals surface area (Å²) in [5.74, 6) is -0.458. The molecule has 0 saturated heterocycles. The first-order chi connectivity index (χ1) is 12.4. The number of carbonyl (C=O) groups is 2. The van der Waals surface area contributed by atoms with Gasteiger partial charge in [0.2, 0.25) is 5.91 Å². The average Bonchev–Trinajstić information content (AvgIpc) is 2.66. The molecule has 0 radical (unpaired) electrons. The zero-order chi connectivity index (χ0) is 19.1. The van der Waals surface area contributed by atoms with E-state index in [9.17, 15) is 19.7 Å². The summed E-state index contributed by atoms with van der Waals surface area (Å²) >= 11 is 0. The SMILES string of the molecule is CC(NC(=O)c1cccc([N+](=O)[O-])c1)C(=O)NC(CN)C1CCCCC1.Cl. The van der Waals surface area contributed by atoms with Gasteiger partial charge >= 0.3 is 0 Å². The van der Waals surface area contributed by atoms with E-state index in [1.54, 1.807) is 6.92 Å². The van der Waals surface area contributed by atoms with Crippen LogP contribution in [0.5, 0.6) is 0 Å². The maximum atomic E-state index is 12.4. The summed E-state index contributed by atoms with van der Waals surface area (Å²) in [5, 5.41) is 16.3. The third-order valence-electron chi connectivity index (χ3n) is 4.86. The second-order valence-electron chi connectivity index (χ2n) is 6.75. The van der Waals surface area contributed by atoms with Crippen molar-refractivity contribution in [1.82, 2.24) is 10.6 Å². The molecule has 27 heavy (non-hydrogen) atoms. The first-order valence-electron chi connectivity index (χ1n) is 8.98. The maximum Gasteiger partial charge on any atom is 0.270 e. The number of hydrogen-bond donors (Lipinski definition) is 3. The molecule has 0 aromatic heterocycles. The smallest absolute Gasteiger partial charge is 0.270 e. The molecule has 0 bridgehead atoms. The largest absolute Gasteiger partial charge is 0.350 e. The summed E-state index contributed by atoms with van der Waals surface area (Å²) in [7, 11) is 0. The Morgan fingerprint density at radius 3 is 2.52 bits per heavy atom. The molecule has 150 valence electrons. The molecule has 9 heteroatoms. The molecule has 1 aromatic carbocycles. The highest BCUT2D eigenvalue weighted by Gasteiger charge is 2.26. The molecule has 0 aliphatic heterocycles. The van der Waals surface area contributed by atoms with Crippen molar-refractivity contribution in [3.8, 4) is 0 Å². The molecule has 0 heterocycles. The van der Waals surface area contributed by atoms with E-state index in [0.717, 1.165) is 25.7 Å². The van der Waals surface area contributed by atoms with Gasteiger partial charge in [0.25, 0.3) is 11.6 Å². The number of halogens is 1. The van der Waals surface area contributed by atoms with Crippen molar-refractivity contribution >= 4 is 29.9 Å². The molecule has 2 unspecified atom stereocenters. The van der Waals surface area contributed by atoms with Gasteiger partial charge in [-0.3, -0.25) is 19.7 Å². The van der Waals surface area contributed by atoms with E-state index in [-0.39, 0.29) is 35.6 Å². The summed E-state index contributed by atoms with van der Waals surface area (Å²) in [6.45, 7) is 1.95. The van der Waals surface area contributed by atoms with Crippen LogP contribution in [0, 0.1) is 16.0 Å². The zero-order valence-corrected chi connectivity index (χ0v) is 16.2. The number of amides is 2. The normalized spacial score (nSPS) is 16.5. The molecule has 4 N–H and O–H groups in total. The van der Waals surface area contributed by atoms with Gasteiger partial charge in [-0.1, -0.05) is 25.3 Å². The van der Waals surface area contributed by atoms with Gasteiger partial charge in [-0.15, -0.1) is 12.4 Å². The Morgan fingerprint density at radius 2 is 1.93 bits per heavy atom. The van der Waals surface area contributed by atoms with Gasteiger partial charge in [0.05, 0.1) is 4.92 Å². The zero-order valence-electron chi connectivity index (χ0n) is 15.3. The number of carbonyl (C=O) groups excluding carboxylic acids is 2.